The molecule has 1 N–H and O–H groups in total. The molecule has 108 valence electrons. The summed E-state index contributed by atoms with van der Waals surface area (Å²) in [6.07, 6.45) is 4.17. The Morgan fingerprint density at radius 1 is 1.47 bits per heavy atom. The summed E-state index contributed by atoms with van der Waals surface area (Å²) in [5.41, 5.74) is 0. The molecule has 1 fully saturated rings. The minimum Gasteiger partial charge on any atom is -0.312 e. The van der Waals surface area contributed by atoms with Gasteiger partial charge in [0.25, 0.3) is 0 Å². The van der Waals surface area contributed by atoms with Crippen LogP contribution in [0.25, 0.3) is 0 Å². The van der Waals surface area contributed by atoms with E-state index in [2.05, 4.69) is 12.2 Å². The Kier molecular flexibility index (Phi) is 5.00. The maximum Gasteiger partial charge on any atom is 0.244 e. The lowest BCUT2D eigenvalue weighted by atomic mass is 9.94. The van der Waals surface area contributed by atoms with Crippen molar-refractivity contribution in [3.63, 3.8) is 0 Å². The van der Waals surface area contributed by atoms with Gasteiger partial charge < -0.3 is 5.32 Å². The lowest BCUT2D eigenvalue weighted by Gasteiger charge is -2.33. The van der Waals surface area contributed by atoms with E-state index in [4.69, 9.17) is 0 Å². The number of thiophene rings is 1. The summed E-state index contributed by atoms with van der Waals surface area (Å²) in [6, 6.07) is 1.93. The van der Waals surface area contributed by atoms with E-state index in [1.807, 2.05) is 5.38 Å². The fourth-order valence-corrected chi connectivity index (χ4v) is 4.97. The summed E-state index contributed by atoms with van der Waals surface area (Å²) in [5, 5.41) is 5.14. The second-order valence-electron chi connectivity index (χ2n) is 4.99. The number of hydrogen-bond donors (Lipinski definition) is 1. The predicted octanol–water partition coefficient (Wildman–Crippen LogP) is 2.42. The van der Waals surface area contributed by atoms with Crippen LogP contribution in [0.4, 0.5) is 0 Å². The molecule has 1 aliphatic rings. The van der Waals surface area contributed by atoms with E-state index in [-0.39, 0.29) is 6.04 Å². The van der Waals surface area contributed by atoms with Gasteiger partial charge in [-0.1, -0.05) is 13.3 Å². The molecule has 0 radical (unpaired) electrons. The average molecular weight is 302 g/mol. The van der Waals surface area contributed by atoms with Crippen molar-refractivity contribution in [1.29, 1.82) is 0 Å². The first kappa shape index (κ1) is 15.0. The van der Waals surface area contributed by atoms with E-state index < -0.39 is 10.0 Å². The third-order valence-corrected chi connectivity index (χ3v) is 6.71. The van der Waals surface area contributed by atoms with E-state index in [1.54, 1.807) is 17.4 Å². The summed E-state index contributed by atoms with van der Waals surface area (Å²) in [7, 11) is -1.61. The molecule has 0 atom stereocenters. The molecule has 1 saturated carbocycles. The van der Waals surface area contributed by atoms with Gasteiger partial charge in [0.1, 0.15) is 0 Å². The highest BCUT2D eigenvalue weighted by Gasteiger charge is 2.33. The van der Waals surface area contributed by atoms with Crippen LogP contribution < -0.4 is 5.32 Å². The molecule has 1 aromatic heterocycles. The highest BCUT2D eigenvalue weighted by atomic mass is 32.2. The van der Waals surface area contributed by atoms with Gasteiger partial charge in [-0.3, -0.25) is 0 Å². The lowest BCUT2D eigenvalue weighted by Crippen LogP contribution is -2.41. The summed E-state index contributed by atoms with van der Waals surface area (Å²) in [4.78, 5) is 1.40. The highest BCUT2D eigenvalue weighted by molar-refractivity contribution is 7.89. The topological polar surface area (TPSA) is 49.4 Å². The van der Waals surface area contributed by atoms with Gasteiger partial charge in [0.2, 0.25) is 10.0 Å². The van der Waals surface area contributed by atoms with Gasteiger partial charge in [-0.05, 0) is 37.3 Å². The molecule has 0 aromatic carbocycles. The number of rotatable bonds is 7. The van der Waals surface area contributed by atoms with Crippen molar-refractivity contribution < 1.29 is 8.42 Å². The Labute approximate surface area is 119 Å². The van der Waals surface area contributed by atoms with Gasteiger partial charge in [-0.2, -0.15) is 4.31 Å². The fourth-order valence-electron chi connectivity index (χ4n) is 2.17. The van der Waals surface area contributed by atoms with Crippen LogP contribution in [0.3, 0.4) is 0 Å². The highest BCUT2D eigenvalue weighted by Crippen LogP contribution is 2.31. The van der Waals surface area contributed by atoms with E-state index >= 15 is 0 Å². The molecule has 1 heterocycles. The molecule has 1 aromatic rings. The van der Waals surface area contributed by atoms with Gasteiger partial charge in [-0.15, -0.1) is 11.3 Å². The monoisotopic (exact) mass is 302 g/mol. The largest absolute Gasteiger partial charge is 0.312 e. The van der Waals surface area contributed by atoms with E-state index in [0.717, 1.165) is 37.1 Å². The summed E-state index contributed by atoms with van der Waals surface area (Å²) in [5.74, 6) is 0. The van der Waals surface area contributed by atoms with Gasteiger partial charge in [0.05, 0.1) is 4.90 Å². The fraction of sp³-hybridized carbons (Fsp3) is 0.692. The summed E-state index contributed by atoms with van der Waals surface area (Å²) in [6.45, 7) is 3.65. The number of sulfonamides is 1. The van der Waals surface area contributed by atoms with Crippen molar-refractivity contribution >= 4 is 21.4 Å². The first-order chi connectivity index (χ1) is 9.07. The van der Waals surface area contributed by atoms with Crippen LogP contribution in [-0.4, -0.2) is 32.4 Å². The standard InChI is InChI=1S/C13H22N2O2S2/c1-3-8-14-10-12-13(7-9-18-12)19(16,17)15(2)11-5-4-6-11/h7,9,11,14H,3-6,8,10H2,1-2H3. The maximum atomic E-state index is 12.6. The molecule has 0 amide bonds. The van der Waals surface area contributed by atoms with Crippen LogP contribution in [0.1, 0.15) is 37.5 Å². The molecule has 0 bridgehead atoms. The maximum absolute atomic E-state index is 12.6. The molecule has 0 aliphatic heterocycles. The van der Waals surface area contributed by atoms with Crippen molar-refractivity contribution in [2.45, 2.75) is 50.1 Å². The molecule has 4 nitrogen and oxygen atoms in total. The van der Waals surface area contributed by atoms with Gasteiger partial charge in [-0.25, -0.2) is 8.42 Å². The lowest BCUT2D eigenvalue weighted by molar-refractivity contribution is 0.249. The third kappa shape index (κ3) is 3.18. The molecule has 0 unspecified atom stereocenters. The zero-order valence-electron chi connectivity index (χ0n) is 11.6. The Hall–Kier alpha value is -0.430. The number of nitrogens with zero attached hydrogens (tertiary/aromatic N) is 1. The van der Waals surface area contributed by atoms with Crippen LogP contribution in [0.5, 0.6) is 0 Å². The van der Waals surface area contributed by atoms with Gasteiger partial charge in [0, 0.05) is 24.5 Å². The quantitative estimate of drug-likeness (QED) is 0.787. The van der Waals surface area contributed by atoms with E-state index in [0.29, 0.717) is 11.4 Å². The first-order valence-corrected chi connectivity index (χ1v) is 9.14. The number of nitrogens with one attached hydrogen (secondary N) is 1. The number of hydrogen-bond acceptors (Lipinski definition) is 4. The van der Waals surface area contributed by atoms with E-state index in [1.165, 1.54) is 11.3 Å². The predicted molar refractivity (Wildman–Crippen MR) is 78.9 cm³/mol. The second-order valence-corrected chi connectivity index (χ2v) is 7.96. The van der Waals surface area contributed by atoms with Crippen molar-refractivity contribution in [3.8, 4) is 0 Å². The second kappa shape index (κ2) is 6.35. The molecular weight excluding hydrogens is 280 g/mol. The Morgan fingerprint density at radius 2 is 2.21 bits per heavy atom. The van der Waals surface area contributed by atoms with Crippen LogP contribution in [0.15, 0.2) is 16.3 Å². The molecule has 19 heavy (non-hydrogen) atoms. The first-order valence-electron chi connectivity index (χ1n) is 6.82. The average Bonchev–Trinajstić information content (AvgIpc) is 2.76. The van der Waals surface area contributed by atoms with Crippen LogP contribution in [-0.2, 0) is 16.6 Å². The minimum atomic E-state index is -3.32. The molecular formula is C13H22N2O2S2. The van der Waals surface area contributed by atoms with Crippen LogP contribution in [0.2, 0.25) is 0 Å². The SMILES string of the molecule is CCCNCc1sccc1S(=O)(=O)N(C)C1CCC1. The van der Waals surface area contributed by atoms with Crippen molar-refractivity contribution in [2.24, 2.45) is 0 Å². The van der Waals surface area contributed by atoms with Crippen molar-refractivity contribution in [3.05, 3.63) is 16.3 Å². The summed E-state index contributed by atoms with van der Waals surface area (Å²) < 4.78 is 26.7. The normalized spacial score (nSPS) is 16.8. The minimum absolute atomic E-state index is 0.196. The Balaban J connectivity index is 2.13. The summed E-state index contributed by atoms with van der Waals surface area (Å²) >= 11 is 1.51. The zero-order valence-corrected chi connectivity index (χ0v) is 13.2. The van der Waals surface area contributed by atoms with Crippen molar-refractivity contribution in [2.75, 3.05) is 13.6 Å². The molecule has 0 spiro atoms. The smallest absolute Gasteiger partial charge is 0.244 e. The molecule has 2 rings (SSSR count). The Morgan fingerprint density at radius 3 is 2.79 bits per heavy atom. The molecule has 1 aliphatic carbocycles. The van der Waals surface area contributed by atoms with Crippen LogP contribution in [0, 0.1) is 0 Å². The van der Waals surface area contributed by atoms with E-state index in [9.17, 15) is 8.42 Å². The van der Waals surface area contributed by atoms with Gasteiger partial charge in [0.15, 0.2) is 0 Å². The third-order valence-electron chi connectivity index (χ3n) is 3.66. The van der Waals surface area contributed by atoms with Crippen LogP contribution >= 0.6 is 11.3 Å². The van der Waals surface area contributed by atoms with Gasteiger partial charge >= 0.3 is 0 Å². The molecule has 6 heteroatoms. The molecule has 0 saturated heterocycles. The Bertz CT molecular complexity index is 506. The zero-order chi connectivity index (χ0) is 13.9. The van der Waals surface area contributed by atoms with Crippen molar-refractivity contribution in [1.82, 2.24) is 9.62 Å².